The molecule has 0 spiro atoms. The molecule has 3 heteroatoms. The third kappa shape index (κ3) is 1.56. The summed E-state index contributed by atoms with van der Waals surface area (Å²) in [5.41, 5.74) is 3.90. The highest BCUT2D eigenvalue weighted by Gasteiger charge is 2.28. The fourth-order valence-electron chi connectivity index (χ4n) is 2.98. The van der Waals surface area contributed by atoms with Crippen molar-refractivity contribution in [3.8, 4) is 0 Å². The van der Waals surface area contributed by atoms with Gasteiger partial charge in [0.1, 0.15) is 0 Å². The zero-order valence-electron chi connectivity index (χ0n) is 10.7. The van der Waals surface area contributed by atoms with Gasteiger partial charge in [0, 0.05) is 49.2 Å². The Kier molecular flexibility index (Phi) is 2.83. The molecule has 1 aliphatic heterocycles. The fraction of sp³-hybridized carbons (Fsp3) is 0.333. The second-order valence-corrected chi connectivity index (χ2v) is 5.19. The maximum absolute atomic E-state index is 6.13. The highest BCUT2D eigenvalue weighted by Crippen LogP contribution is 2.43. The Balaban J connectivity index is 2.36. The first-order valence-corrected chi connectivity index (χ1v) is 6.80. The van der Waals surface area contributed by atoms with Crippen LogP contribution in [0.2, 0.25) is 0 Å². The summed E-state index contributed by atoms with van der Waals surface area (Å²) in [7, 11) is 4.11. The lowest BCUT2D eigenvalue weighted by Crippen LogP contribution is -2.15. The molecular formula is C15H17ClN2. The van der Waals surface area contributed by atoms with Gasteiger partial charge >= 0.3 is 0 Å². The zero-order valence-corrected chi connectivity index (χ0v) is 11.5. The van der Waals surface area contributed by atoms with E-state index in [-0.39, 0.29) is 0 Å². The Bertz CT molecular complexity index is 594. The van der Waals surface area contributed by atoms with Crippen LogP contribution in [0.4, 0.5) is 11.4 Å². The average Bonchev–Trinajstić information content (AvgIpc) is 2.74. The SMILES string of the molecule is CNc1cc2c(c3ccccc13)[C@H](CCl)CN2C. The van der Waals surface area contributed by atoms with E-state index in [1.165, 1.54) is 27.7 Å². The van der Waals surface area contributed by atoms with Crippen LogP contribution in [0.15, 0.2) is 30.3 Å². The minimum atomic E-state index is 0.433. The predicted molar refractivity (Wildman–Crippen MR) is 80.2 cm³/mol. The third-order valence-electron chi connectivity index (χ3n) is 3.83. The quantitative estimate of drug-likeness (QED) is 0.829. The van der Waals surface area contributed by atoms with Crippen molar-refractivity contribution in [1.29, 1.82) is 0 Å². The van der Waals surface area contributed by atoms with Crippen molar-refractivity contribution in [1.82, 2.24) is 0 Å². The van der Waals surface area contributed by atoms with Gasteiger partial charge in [0.15, 0.2) is 0 Å². The number of fused-ring (bicyclic) bond motifs is 3. The van der Waals surface area contributed by atoms with Gasteiger partial charge in [-0.15, -0.1) is 11.6 Å². The minimum absolute atomic E-state index is 0.433. The monoisotopic (exact) mass is 260 g/mol. The normalized spacial score (nSPS) is 18.2. The third-order valence-corrected chi connectivity index (χ3v) is 4.21. The van der Waals surface area contributed by atoms with Crippen LogP contribution in [0.25, 0.3) is 10.8 Å². The number of likely N-dealkylation sites (N-methyl/N-ethyl adjacent to an activating group) is 1. The number of benzene rings is 2. The number of hydrogen-bond acceptors (Lipinski definition) is 2. The molecule has 1 atom stereocenters. The summed E-state index contributed by atoms with van der Waals surface area (Å²) in [6.07, 6.45) is 0. The van der Waals surface area contributed by atoms with E-state index in [4.69, 9.17) is 11.6 Å². The Hall–Kier alpha value is -1.41. The molecule has 0 aliphatic carbocycles. The molecule has 1 aliphatic rings. The van der Waals surface area contributed by atoms with Crippen molar-refractivity contribution in [2.24, 2.45) is 0 Å². The van der Waals surface area contributed by atoms with Crippen molar-refractivity contribution in [2.45, 2.75) is 5.92 Å². The Labute approximate surface area is 113 Å². The van der Waals surface area contributed by atoms with Gasteiger partial charge in [-0.1, -0.05) is 24.3 Å². The summed E-state index contributed by atoms with van der Waals surface area (Å²) < 4.78 is 0. The maximum Gasteiger partial charge on any atom is 0.0438 e. The number of rotatable bonds is 2. The van der Waals surface area contributed by atoms with Crippen LogP contribution in [0.1, 0.15) is 11.5 Å². The first kappa shape index (κ1) is 11.7. The number of hydrogen-bond donors (Lipinski definition) is 1. The molecule has 2 nitrogen and oxygen atoms in total. The topological polar surface area (TPSA) is 15.3 Å². The van der Waals surface area contributed by atoms with Crippen LogP contribution >= 0.6 is 11.6 Å². The first-order valence-electron chi connectivity index (χ1n) is 6.26. The summed E-state index contributed by atoms with van der Waals surface area (Å²) in [6.45, 7) is 1.01. The van der Waals surface area contributed by atoms with E-state index in [1.807, 2.05) is 7.05 Å². The van der Waals surface area contributed by atoms with Gasteiger partial charge in [-0.05, 0) is 17.0 Å². The highest BCUT2D eigenvalue weighted by atomic mass is 35.5. The molecule has 2 aromatic rings. The molecule has 0 amide bonds. The van der Waals surface area contributed by atoms with Crippen molar-refractivity contribution in [3.05, 3.63) is 35.9 Å². The van der Waals surface area contributed by atoms with E-state index >= 15 is 0 Å². The number of nitrogens with one attached hydrogen (secondary N) is 1. The maximum atomic E-state index is 6.13. The molecular weight excluding hydrogens is 244 g/mol. The van der Waals surface area contributed by atoms with E-state index in [0.29, 0.717) is 11.8 Å². The molecule has 2 aromatic carbocycles. The van der Waals surface area contributed by atoms with E-state index in [0.717, 1.165) is 6.54 Å². The van der Waals surface area contributed by atoms with Crippen LogP contribution in [-0.2, 0) is 0 Å². The number of halogens is 1. The molecule has 0 radical (unpaired) electrons. The summed E-state index contributed by atoms with van der Waals surface area (Å²) in [6, 6.07) is 10.8. The van der Waals surface area contributed by atoms with E-state index in [1.54, 1.807) is 0 Å². The molecule has 18 heavy (non-hydrogen) atoms. The standard InChI is InChI=1S/C15H17ClN2/c1-17-13-7-14-15(10(8-16)9-18(14)2)12-6-4-3-5-11(12)13/h3-7,10,17H,8-9H2,1-2H3/t10-/m1/s1. The van der Waals surface area contributed by atoms with Crippen LogP contribution < -0.4 is 10.2 Å². The van der Waals surface area contributed by atoms with E-state index in [2.05, 4.69) is 47.6 Å². The van der Waals surface area contributed by atoms with Crippen molar-refractivity contribution >= 4 is 33.7 Å². The number of nitrogens with zero attached hydrogens (tertiary/aromatic N) is 1. The molecule has 1 N–H and O–H groups in total. The molecule has 0 aromatic heterocycles. The second-order valence-electron chi connectivity index (χ2n) is 4.88. The first-order chi connectivity index (χ1) is 8.76. The lowest BCUT2D eigenvalue weighted by Gasteiger charge is -2.15. The van der Waals surface area contributed by atoms with Crippen molar-refractivity contribution in [2.75, 3.05) is 36.7 Å². The molecule has 1 heterocycles. The zero-order chi connectivity index (χ0) is 12.7. The fourth-order valence-corrected chi connectivity index (χ4v) is 3.23. The number of alkyl halides is 1. The summed E-state index contributed by atoms with van der Waals surface area (Å²) in [5, 5.41) is 5.90. The molecule has 0 unspecified atom stereocenters. The van der Waals surface area contributed by atoms with Crippen LogP contribution in [0.5, 0.6) is 0 Å². The lowest BCUT2D eigenvalue weighted by atomic mass is 9.95. The summed E-state index contributed by atoms with van der Waals surface area (Å²) in [4.78, 5) is 2.30. The van der Waals surface area contributed by atoms with E-state index < -0.39 is 0 Å². The summed E-state index contributed by atoms with van der Waals surface area (Å²) in [5.74, 6) is 1.11. The molecule has 94 valence electrons. The molecule has 3 rings (SSSR count). The smallest absolute Gasteiger partial charge is 0.0438 e. The van der Waals surface area contributed by atoms with Gasteiger partial charge in [-0.25, -0.2) is 0 Å². The molecule has 0 saturated carbocycles. The molecule has 0 saturated heterocycles. The Morgan fingerprint density at radius 3 is 2.72 bits per heavy atom. The van der Waals surface area contributed by atoms with Gasteiger partial charge in [0.05, 0.1) is 0 Å². The number of anilines is 2. The van der Waals surface area contributed by atoms with Gasteiger partial charge in [-0.3, -0.25) is 0 Å². The highest BCUT2D eigenvalue weighted by molar-refractivity contribution is 6.19. The summed E-state index contributed by atoms with van der Waals surface area (Å²) >= 11 is 6.13. The predicted octanol–water partition coefficient (Wildman–Crippen LogP) is 3.65. The minimum Gasteiger partial charge on any atom is -0.388 e. The van der Waals surface area contributed by atoms with Gasteiger partial charge in [0.25, 0.3) is 0 Å². The van der Waals surface area contributed by atoms with Gasteiger partial charge in [0.2, 0.25) is 0 Å². The Morgan fingerprint density at radius 1 is 1.33 bits per heavy atom. The average molecular weight is 261 g/mol. The second kappa shape index (κ2) is 4.36. The van der Waals surface area contributed by atoms with Crippen molar-refractivity contribution in [3.63, 3.8) is 0 Å². The van der Waals surface area contributed by atoms with Gasteiger partial charge in [-0.2, -0.15) is 0 Å². The van der Waals surface area contributed by atoms with Crippen LogP contribution in [-0.4, -0.2) is 26.5 Å². The Morgan fingerprint density at radius 2 is 2.06 bits per heavy atom. The lowest BCUT2D eigenvalue weighted by molar-refractivity contribution is 0.807. The molecule has 0 bridgehead atoms. The van der Waals surface area contributed by atoms with Crippen LogP contribution in [0, 0.1) is 0 Å². The van der Waals surface area contributed by atoms with Crippen LogP contribution in [0.3, 0.4) is 0 Å². The van der Waals surface area contributed by atoms with Crippen molar-refractivity contribution < 1.29 is 0 Å². The van der Waals surface area contributed by atoms with Gasteiger partial charge < -0.3 is 10.2 Å². The largest absolute Gasteiger partial charge is 0.388 e. The molecule has 0 fully saturated rings. The van der Waals surface area contributed by atoms with E-state index in [9.17, 15) is 0 Å².